The van der Waals surface area contributed by atoms with Crippen molar-refractivity contribution < 1.29 is 13.9 Å². The molecule has 0 radical (unpaired) electrons. The highest BCUT2D eigenvalue weighted by Gasteiger charge is 2.12. The van der Waals surface area contributed by atoms with E-state index in [1.807, 2.05) is 0 Å². The fourth-order valence-electron chi connectivity index (χ4n) is 3.06. The van der Waals surface area contributed by atoms with Gasteiger partial charge in [-0.15, -0.1) is 0 Å². The van der Waals surface area contributed by atoms with Crippen molar-refractivity contribution in [1.82, 2.24) is 19.3 Å². The van der Waals surface area contributed by atoms with Gasteiger partial charge in [0.05, 0.1) is 23.3 Å². The van der Waals surface area contributed by atoms with Gasteiger partial charge in [-0.3, -0.25) is 4.79 Å². The Balaban J connectivity index is 2.04. The van der Waals surface area contributed by atoms with E-state index in [9.17, 15) is 14.0 Å². The van der Waals surface area contributed by atoms with E-state index >= 15 is 0 Å². The molecular weight excluding hydrogens is 363 g/mol. The van der Waals surface area contributed by atoms with Crippen molar-refractivity contribution >= 4 is 34.0 Å². The summed E-state index contributed by atoms with van der Waals surface area (Å²) in [5.74, 6) is -1.03. The van der Waals surface area contributed by atoms with E-state index in [1.165, 1.54) is 43.1 Å². The Morgan fingerprint density at radius 2 is 2.04 bits per heavy atom. The lowest BCUT2D eigenvalue weighted by Gasteiger charge is -2.13. The highest BCUT2D eigenvalue weighted by molar-refractivity contribution is 5.97. The van der Waals surface area contributed by atoms with Crippen molar-refractivity contribution in [2.75, 3.05) is 6.61 Å². The van der Waals surface area contributed by atoms with Crippen molar-refractivity contribution in [2.24, 2.45) is 0 Å². The van der Waals surface area contributed by atoms with Crippen LogP contribution in [0, 0.1) is 5.82 Å². The highest BCUT2D eigenvalue weighted by atomic mass is 19.1. The molecule has 0 aliphatic rings. The van der Waals surface area contributed by atoms with Gasteiger partial charge in [0.2, 0.25) is 0 Å². The van der Waals surface area contributed by atoms with Crippen molar-refractivity contribution in [3.63, 3.8) is 0 Å². The maximum absolute atomic E-state index is 13.8. The van der Waals surface area contributed by atoms with Gasteiger partial charge in [-0.25, -0.2) is 18.9 Å². The Labute approximate surface area is 158 Å². The van der Waals surface area contributed by atoms with E-state index in [2.05, 4.69) is 10.1 Å². The molecule has 2 aromatic carbocycles. The van der Waals surface area contributed by atoms with E-state index < -0.39 is 11.8 Å². The first-order valence-corrected chi connectivity index (χ1v) is 8.56. The molecule has 0 saturated carbocycles. The molecule has 0 aliphatic heterocycles. The summed E-state index contributed by atoms with van der Waals surface area (Å²) >= 11 is 0. The van der Waals surface area contributed by atoms with Crippen LogP contribution in [-0.2, 0) is 9.53 Å². The predicted molar refractivity (Wildman–Crippen MR) is 103 cm³/mol. The molecule has 140 valence electrons. The summed E-state index contributed by atoms with van der Waals surface area (Å²) in [5, 5.41) is 4.70. The van der Waals surface area contributed by atoms with Crippen LogP contribution in [0.3, 0.4) is 0 Å². The van der Waals surface area contributed by atoms with E-state index in [0.717, 1.165) is 0 Å². The van der Waals surface area contributed by atoms with Gasteiger partial charge in [0, 0.05) is 23.0 Å². The number of carbonyl (C=O) groups excluding carboxylic acids is 1. The van der Waals surface area contributed by atoms with Gasteiger partial charge in [0.25, 0.3) is 0 Å². The maximum atomic E-state index is 13.8. The second-order valence-electron chi connectivity index (χ2n) is 5.97. The minimum absolute atomic E-state index is 0.217. The van der Waals surface area contributed by atoms with Crippen molar-refractivity contribution in [3.05, 3.63) is 71.2 Å². The summed E-state index contributed by atoms with van der Waals surface area (Å²) in [6.07, 6.45) is 5.71. The number of rotatable bonds is 4. The minimum atomic E-state index is -0.517. The van der Waals surface area contributed by atoms with Crippen LogP contribution in [0.15, 0.2) is 59.9 Å². The molecule has 28 heavy (non-hydrogen) atoms. The molecule has 0 unspecified atom stereocenters. The van der Waals surface area contributed by atoms with Crippen molar-refractivity contribution in [3.8, 4) is 5.69 Å². The maximum Gasteiger partial charge on any atom is 0.332 e. The number of aromatic nitrogens is 4. The SMILES string of the molecule is CCOC(=O)/C=C/n1c2ccc(F)cc2c(=O)c2ccc(-n3cncn3)cc21. The molecule has 0 fully saturated rings. The van der Waals surface area contributed by atoms with Crippen LogP contribution in [0.25, 0.3) is 33.7 Å². The number of esters is 1. The van der Waals surface area contributed by atoms with E-state index in [1.54, 1.807) is 34.4 Å². The standard InChI is InChI=1S/C20H15FN4O3/c1-2-28-19(26)7-8-24-17-6-3-13(21)9-16(17)20(27)15-5-4-14(10-18(15)24)25-12-22-11-23-25/h3-12H,2H2,1H3/b8-7+. The average molecular weight is 378 g/mol. The van der Waals surface area contributed by atoms with Gasteiger partial charge in [0.1, 0.15) is 18.5 Å². The fraction of sp³-hybridized carbons (Fsp3) is 0.100. The zero-order valence-electron chi connectivity index (χ0n) is 14.9. The Hall–Kier alpha value is -3.81. The zero-order valence-corrected chi connectivity index (χ0v) is 14.9. The molecule has 2 heterocycles. The number of carbonyl (C=O) groups is 1. The lowest BCUT2D eigenvalue weighted by molar-refractivity contribution is -0.137. The van der Waals surface area contributed by atoms with Gasteiger partial charge < -0.3 is 9.30 Å². The number of ether oxygens (including phenoxy) is 1. The first-order chi connectivity index (χ1) is 13.6. The summed E-state index contributed by atoms with van der Waals surface area (Å²) in [6.45, 7) is 1.96. The number of nitrogens with zero attached hydrogens (tertiary/aromatic N) is 4. The number of hydrogen-bond acceptors (Lipinski definition) is 5. The van der Waals surface area contributed by atoms with Crippen LogP contribution >= 0.6 is 0 Å². The van der Waals surface area contributed by atoms with Gasteiger partial charge in [-0.2, -0.15) is 5.10 Å². The third-order valence-corrected chi connectivity index (χ3v) is 4.28. The Kier molecular flexibility index (Phi) is 4.44. The Morgan fingerprint density at radius 3 is 2.79 bits per heavy atom. The zero-order chi connectivity index (χ0) is 19.7. The Bertz CT molecular complexity index is 1280. The second-order valence-corrected chi connectivity index (χ2v) is 5.97. The number of pyridine rings is 1. The summed E-state index contributed by atoms with van der Waals surface area (Å²) in [6, 6.07) is 9.09. The van der Waals surface area contributed by atoms with Crippen LogP contribution in [0.5, 0.6) is 0 Å². The summed E-state index contributed by atoms with van der Waals surface area (Å²) in [7, 11) is 0. The molecule has 0 atom stereocenters. The number of hydrogen-bond donors (Lipinski definition) is 0. The van der Waals surface area contributed by atoms with E-state index in [-0.39, 0.29) is 17.4 Å². The molecule has 0 saturated heterocycles. The van der Waals surface area contributed by atoms with Crippen LogP contribution in [0.4, 0.5) is 4.39 Å². The van der Waals surface area contributed by atoms with E-state index in [0.29, 0.717) is 22.1 Å². The molecule has 7 nitrogen and oxygen atoms in total. The highest BCUT2D eigenvalue weighted by Crippen LogP contribution is 2.23. The van der Waals surface area contributed by atoms with Crippen molar-refractivity contribution in [1.29, 1.82) is 0 Å². The Morgan fingerprint density at radius 1 is 1.18 bits per heavy atom. The summed E-state index contributed by atoms with van der Waals surface area (Å²) in [4.78, 5) is 28.6. The van der Waals surface area contributed by atoms with Crippen LogP contribution in [0.1, 0.15) is 6.92 Å². The smallest absolute Gasteiger partial charge is 0.332 e. The lowest BCUT2D eigenvalue weighted by Crippen LogP contribution is -2.10. The van der Waals surface area contributed by atoms with Gasteiger partial charge in [-0.05, 0) is 43.3 Å². The average Bonchev–Trinajstić information content (AvgIpc) is 3.23. The number of fused-ring (bicyclic) bond motifs is 2. The first-order valence-electron chi connectivity index (χ1n) is 8.56. The molecular formula is C20H15FN4O3. The quantitative estimate of drug-likeness (QED) is 0.310. The third-order valence-electron chi connectivity index (χ3n) is 4.28. The molecule has 4 rings (SSSR count). The molecule has 0 N–H and O–H groups in total. The largest absolute Gasteiger partial charge is 0.463 e. The van der Waals surface area contributed by atoms with Gasteiger partial charge >= 0.3 is 5.97 Å². The van der Waals surface area contributed by atoms with Gasteiger partial charge in [0.15, 0.2) is 5.43 Å². The molecule has 0 amide bonds. The molecule has 2 aromatic heterocycles. The lowest BCUT2D eigenvalue weighted by atomic mass is 10.1. The second kappa shape index (κ2) is 7.07. The predicted octanol–water partition coefficient (Wildman–Crippen LogP) is 2.91. The van der Waals surface area contributed by atoms with E-state index in [4.69, 9.17) is 4.74 Å². The fourth-order valence-corrected chi connectivity index (χ4v) is 3.06. The normalized spacial score (nSPS) is 11.5. The first kappa shape index (κ1) is 17.6. The van der Waals surface area contributed by atoms with Crippen molar-refractivity contribution in [2.45, 2.75) is 6.92 Å². The summed E-state index contributed by atoms with van der Waals surface area (Å²) < 4.78 is 21.9. The molecule has 4 aromatic rings. The molecule has 0 aliphatic carbocycles. The number of halogens is 1. The van der Waals surface area contributed by atoms with Crippen LogP contribution in [-0.4, -0.2) is 31.9 Å². The van der Waals surface area contributed by atoms with Crippen LogP contribution < -0.4 is 5.43 Å². The topological polar surface area (TPSA) is 79.0 Å². The minimum Gasteiger partial charge on any atom is -0.463 e. The molecule has 8 heteroatoms. The number of benzene rings is 2. The third kappa shape index (κ3) is 3.05. The van der Waals surface area contributed by atoms with Crippen LogP contribution in [0.2, 0.25) is 0 Å². The van der Waals surface area contributed by atoms with Gasteiger partial charge in [-0.1, -0.05) is 0 Å². The monoisotopic (exact) mass is 378 g/mol. The molecule has 0 bridgehead atoms. The molecule has 0 spiro atoms. The summed E-state index contributed by atoms with van der Waals surface area (Å²) in [5.41, 5.74) is 1.40.